The van der Waals surface area contributed by atoms with E-state index in [1.54, 1.807) is 56.3 Å². The van der Waals surface area contributed by atoms with Gasteiger partial charge in [-0.15, -0.1) is 0 Å². The summed E-state index contributed by atoms with van der Waals surface area (Å²) in [6.45, 7) is 23.0. The molecule has 18 heteroatoms. The zero-order valence-electron chi connectivity index (χ0n) is 37.7. The molecule has 69 heavy (non-hydrogen) atoms. The molecule has 4 aromatic heterocycles. The third-order valence-electron chi connectivity index (χ3n) is 12.1. The molecule has 8 aromatic rings. The van der Waals surface area contributed by atoms with E-state index in [0.29, 0.717) is 74.1 Å². The molecular weight excluding hydrogens is 926 g/mol. The van der Waals surface area contributed by atoms with Gasteiger partial charge < -0.3 is 9.47 Å². The molecule has 0 spiro atoms. The minimum atomic E-state index is -0.736. The van der Waals surface area contributed by atoms with Gasteiger partial charge in [-0.1, -0.05) is 50.5 Å². The lowest BCUT2D eigenvalue weighted by Crippen LogP contribution is -2.12. The highest BCUT2D eigenvalue weighted by Gasteiger charge is 2.32. The Hall–Kier alpha value is -7.40. The van der Waals surface area contributed by atoms with Crippen molar-refractivity contribution in [3.63, 3.8) is 0 Å². The summed E-state index contributed by atoms with van der Waals surface area (Å²) in [5, 5.41) is 24.5. The number of aromatic amines is 2. The van der Waals surface area contributed by atoms with E-state index in [1.165, 1.54) is 10.7 Å². The number of aromatic nitrogens is 8. The molecule has 4 aromatic carbocycles. The molecule has 0 amide bonds. The standard InChI is InChI=1S/C26H24FN5O2.C24H18Cl2FN5O2.CH4/c1-6-19-17-11-15(9-13(2)21(17)26(33)31-30-19)18-12-29-32(5)25(18)22-23(27)14(3)10-20(24(22)28-4)34-16-7-8-16;1-4-17-13-7-11(8-15(25)19(13)24(33)31-30-17)14-10-29-32(3)23(14)20-21(27)16(26)9-18(22(20)28-2)34-12-5-6-12;/h9-12,16H,6-8H2,1-3,5H3,(H,31,33);7-10,12H,4-6H2,1,3H3,(H,31,33);1H4. The second kappa shape index (κ2) is 18.9. The number of nitrogens with one attached hydrogen (secondary N) is 2. The molecule has 14 nitrogen and oxygen atoms in total. The minimum absolute atomic E-state index is 0. The molecule has 2 fully saturated rings. The summed E-state index contributed by atoms with van der Waals surface area (Å²) in [4.78, 5) is 32.1. The van der Waals surface area contributed by atoms with Crippen molar-refractivity contribution in [2.75, 3.05) is 0 Å². The van der Waals surface area contributed by atoms with E-state index < -0.39 is 17.2 Å². The Morgan fingerprint density at radius 1 is 0.681 bits per heavy atom. The number of halogens is 4. The Morgan fingerprint density at radius 2 is 1.14 bits per heavy atom. The Morgan fingerprint density at radius 3 is 1.64 bits per heavy atom. The molecule has 0 bridgehead atoms. The van der Waals surface area contributed by atoms with Gasteiger partial charge in [-0.25, -0.2) is 28.7 Å². The van der Waals surface area contributed by atoms with Crippen LogP contribution in [0.4, 0.5) is 20.2 Å². The Bertz CT molecular complexity index is 3360. The lowest BCUT2D eigenvalue weighted by molar-refractivity contribution is 0.304. The van der Waals surface area contributed by atoms with Crippen molar-refractivity contribution in [2.45, 2.75) is 85.9 Å². The topological polar surface area (TPSA) is 154 Å². The van der Waals surface area contributed by atoms with Crippen LogP contribution in [0.5, 0.6) is 11.5 Å². The molecule has 2 N–H and O–H groups in total. The van der Waals surface area contributed by atoms with Crippen molar-refractivity contribution in [2.24, 2.45) is 14.1 Å². The lowest BCUT2D eigenvalue weighted by Gasteiger charge is -2.16. The molecule has 0 atom stereocenters. The van der Waals surface area contributed by atoms with E-state index in [4.69, 9.17) is 45.8 Å². The molecule has 0 unspecified atom stereocenters. The van der Waals surface area contributed by atoms with Crippen molar-refractivity contribution < 1.29 is 18.3 Å². The Kier molecular flexibility index (Phi) is 13.2. The molecule has 2 aliphatic rings. The average Bonchev–Trinajstić information content (AvgIpc) is 4.25. The van der Waals surface area contributed by atoms with Gasteiger partial charge in [0.25, 0.3) is 11.1 Å². The fraction of sp³-hybridized carbons (Fsp3) is 0.294. The van der Waals surface area contributed by atoms with Gasteiger partial charge in [0.1, 0.15) is 23.1 Å². The fourth-order valence-electron chi connectivity index (χ4n) is 8.50. The summed E-state index contributed by atoms with van der Waals surface area (Å²) in [7, 11) is 3.38. The van der Waals surface area contributed by atoms with Crippen LogP contribution in [0.1, 0.15) is 69.5 Å². The van der Waals surface area contributed by atoms with Crippen LogP contribution in [0.15, 0.2) is 58.4 Å². The van der Waals surface area contributed by atoms with Gasteiger partial charge in [-0.2, -0.15) is 20.4 Å². The summed E-state index contributed by atoms with van der Waals surface area (Å²) in [5.74, 6) is -0.562. The van der Waals surface area contributed by atoms with Crippen LogP contribution in [0.25, 0.3) is 76.0 Å². The van der Waals surface area contributed by atoms with Gasteiger partial charge in [0, 0.05) is 47.1 Å². The first kappa shape index (κ1) is 48.1. The number of aryl methyl sites for hydroxylation is 6. The van der Waals surface area contributed by atoms with Gasteiger partial charge >= 0.3 is 0 Å². The van der Waals surface area contributed by atoms with Crippen LogP contribution in [-0.4, -0.2) is 52.2 Å². The summed E-state index contributed by atoms with van der Waals surface area (Å²) in [5.41, 5.74) is 5.74. The van der Waals surface area contributed by atoms with E-state index in [1.807, 2.05) is 32.9 Å². The maximum absolute atomic E-state index is 15.6. The zero-order valence-corrected chi connectivity index (χ0v) is 39.3. The number of hydrogen-bond acceptors (Lipinski definition) is 8. The maximum atomic E-state index is 15.6. The number of benzene rings is 4. The monoisotopic (exact) mass is 970 g/mol. The van der Waals surface area contributed by atoms with E-state index in [2.05, 4.69) is 40.3 Å². The Balaban J connectivity index is 0.000000183. The number of ether oxygens (including phenoxy) is 2. The highest BCUT2D eigenvalue weighted by molar-refractivity contribution is 6.36. The first-order chi connectivity index (χ1) is 32.7. The predicted octanol–water partition coefficient (Wildman–Crippen LogP) is 12.1. The molecule has 0 radical (unpaired) electrons. The van der Waals surface area contributed by atoms with Gasteiger partial charge in [-0.05, 0) is 105 Å². The zero-order chi connectivity index (χ0) is 48.3. The van der Waals surface area contributed by atoms with Crippen molar-refractivity contribution in [3.05, 3.63) is 137 Å². The van der Waals surface area contributed by atoms with E-state index >= 15 is 8.78 Å². The number of nitrogens with zero attached hydrogens (tertiary/aromatic N) is 8. The van der Waals surface area contributed by atoms with Crippen LogP contribution in [0.2, 0.25) is 10.0 Å². The van der Waals surface area contributed by atoms with Crippen LogP contribution >= 0.6 is 23.2 Å². The fourth-order valence-corrected chi connectivity index (χ4v) is 9.00. The van der Waals surface area contributed by atoms with Crippen molar-refractivity contribution >= 4 is 56.1 Å². The number of rotatable bonds is 10. The molecule has 10 rings (SSSR count). The third kappa shape index (κ3) is 8.71. The average molecular weight is 972 g/mol. The number of H-pyrrole nitrogens is 2. The van der Waals surface area contributed by atoms with Crippen LogP contribution in [0, 0.1) is 38.6 Å². The first-order valence-corrected chi connectivity index (χ1v) is 22.6. The van der Waals surface area contributed by atoms with Crippen molar-refractivity contribution in [1.82, 2.24) is 40.0 Å². The van der Waals surface area contributed by atoms with Crippen LogP contribution < -0.4 is 20.6 Å². The molecule has 352 valence electrons. The van der Waals surface area contributed by atoms with E-state index in [9.17, 15) is 9.59 Å². The largest absolute Gasteiger partial charge is 0.501 e. The highest BCUT2D eigenvalue weighted by atomic mass is 35.5. The number of hydrogen-bond donors (Lipinski definition) is 2. The second-order valence-electron chi connectivity index (χ2n) is 16.8. The molecule has 0 aliphatic heterocycles. The SMILES string of the molecule is C.[C-]#[N+]c1c(OC2CC2)cc(C)c(F)c1-c1c(-c2cc(C)c3c(=O)[nH]nc(CC)c3c2)cnn1C.[C-]#[N+]c1c(OC2CC2)cc(Cl)c(F)c1-c1c(-c2cc(Cl)c3c(=O)[nH]nc(CC)c3c2)cnn1C. The summed E-state index contributed by atoms with van der Waals surface area (Å²) in [6, 6.07) is 10.2. The second-order valence-corrected chi connectivity index (χ2v) is 17.7. The van der Waals surface area contributed by atoms with Crippen molar-refractivity contribution in [1.29, 1.82) is 0 Å². The molecule has 0 saturated heterocycles. The molecular formula is C51H46Cl2F2N10O4. The summed E-state index contributed by atoms with van der Waals surface area (Å²) in [6.07, 6.45) is 8.14. The third-order valence-corrected chi connectivity index (χ3v) is 12.7. The number of fused-ring (bicyclic) bond motifs is 2. The molecule has 2 aliphatic carbocycles. The smallest absolute Gasteiger partial charge is 0.273 e. The van der Waals surface area contributed by atoms with Gasteiger partial charge in [0.2, 0.25) is 11.4 Å². The van der Waals surface area contributed by atoms with Crippen LogP contribution in [0.3, 0.4) is 0 Å². The maximum Gasteiger partial charge on any atom is 0.273 e. The predicted molar refractivity (Wildman–Crippen MR) is 265 cm³/mol. The minimum Gasteiger partial charge on any atom is -0.501 e. The van der Waals surface area contributed by atoms with Gasteiger partial charge in [-0.3, -0.25) is 19.0 Å². The van der Waals surface area contributed by atoms with Crippen LogP contribution in [-0.2, 0) is 26.9 Å². The van der Waals surface area contributed by atoms with Gasteiger partial charge in [0.05, 0.1) is 81.3 Å². The lowest BCUT2D eigenvalue weighted by atomic mass is 9.94. The first-order valence-electron chi connectivity index (χ1n) is 21.9. The van der Waals surface area contributed by atoms with E-state index in [-0.39, 0.29) is 63.5 Å². The van der Waals surface area contributed by atoms with Crippen molar-refractivity contribution in [3.8, 4) is 56.3 Å². The quantitative estimate of drug-likeness (QED) is 0.128. The summed E-state index contributed by atoms with van der Waals surface area (Å²) >= 11 is 12.7. The Labute approximate surface area is 405 Å². The summed E-state index contributed by atoms with van der Waals surface area (Å²) < 4.78 is 46.0. The highest BCUT2D eigenvalue weighted by Crippen LogP contribution is 2.49. The van der Waals surface area contributed by atoms with Gasteiger partial charge in [0.15, 0.2) is 0 Å². The molecule has 2 saturated carbocycles. The normalized spacial score (nSPS) is 13.1. The van der Waals surface area contributed by atoms with E-state index in [0.717, 1.165) is 47.9 Å². The molecule has 4 heterocycles.